The summed E-state index contributed by atoms with van der Waals surface area (Å²) in [5, 5.41) is 0. The normalized spacial score (nSPS) is 15.4. The second kappa shape index (κ2) is 6.07. The van der Waals surface area contributed by atoms with Gasteiger partial charge in [-0.1, -0.05) is 30.3 Å². The van der Waals surface area contributed by atoms with Crippen LogP contribution in [0, 0.1) is 5.92 Å². The van der Waals surface area contributed by atoms with Crippen molar-refractivity contribution in [3.63, 3.8) is 0 Å². The second-order valence-corrected chi connectivity index (χ2v) is 6.42. The Morgan fingerprint density at radius 2 is 1.92 bits per heavy atom. The summed E-state index contributed by atoms with van der Waals surface area (Å²) in [4.78, 5) is 23.8. The smallest absolute Gasteiger partial charge is 0.276 e. The molecule has 0 bridgehead atoms. The fraction of sp³-hybridized carbons (Fsp3) is 0.316. The highest BCUT2D eigenvalue weighted by atomic mass is 16.2. The molecular formula is C19H20N4O. The summed E-state index contributed by atoms with van der Waals surface area (Å²) in [6, 6.07) is 10.2. The van der Waals surface area contributed by atoms with Crippen LogP contribution >= 0.6 is 0 Å². The quantitative estimate of drug-likeness (QED) is 0.724. The first kappa shape index (κ1) is 14.9. The number of carbonyl (C=O) groups excluding carboxylic acids is 1. The third kappa shape index (κ3) is 2.77. The van der Waals surface area contributed by atoms with Crippen LogP contribution in [-0.2, 0) is 0 Å². The zero-order chi connectivity index (χ0) is 16.5. The number of aromatic nitrogens is 3. The molecular weight excluding hydrogens is 300 g/mol. The number of benzene rings is 1. The highest BCUT2D eigenvalue weighted by Crippen LogP contribution is 2.33. The third-order valence-corrected chi connectivity index (χ3v) is 4.68. The summed E-state index contributed by atoms with van der Waals surface area (Å²) in [5.74, 6) is 0.564. The summed E-state index contributed by atoms with van der Waals surface area (Å²) in [6.07, 6.45) is 9.40. The number of amides is 1. The second-order valence-electron chi connectivity index (χ2n) is 6.42. The minimum atomic E-state index is -0.0462. The highest BCUT2D eigenvalue weighted by Gasteiger charge is 2.32. The van der Waals surface area contributed by atoms with Gasteiger partial charge in [0.25, 0.3) is 5.91 Å². The maximum absolute atomic E-state index is 13.2. The van der Waals surface area contributed by atoms with Crippen molar-refractivity contribution in [2.75, 3.05) is 6.54 Å². The van der Waals surface area contributed by atoms with Crippen LogP contribution in [0.2, 0.25) is 0 Å². The van der Waals surface area contributed by atoms with Gasteiger partial charge in [-0.15, -0.1) is 0 Å². The first-order valence-corrected chi connectivity index (χ1v) is 8.37. The molecule has 0 spiro atoms. The number of nitrogens with zero attached hydrogens (tertiary/aromatic N) is 4. The monoisotopic (exact) mass is 320 g/mol. The van der Waals surface area contributed by atoms with E-state index in [-0.39, 0.29) is 11.9 Å². The van der Waals surface area contributed by atoms with Gasteiger partial charge in [0.15, 0.2) is 11.3 Å². The predicted molar refractivity (Wildman–Crippen MR) is 91.6 cm³/mol. The number of imidazole rings is 1. The zero-order valence-corrected chi connectivity index (χ0v) is 13.7. The van der Waals surface area contributed by atoms with Crippen LogP contribution in [0.5, 0.6) is 0 Å². The molecule has 5 nitrogen and oxygen atoms in total. The van der Waals surface area contributed by atoms with Crippen molar-refractivity contribution in [2.45, 2.75) is 25.8 Å². The van der Waals surface area contributed by atoms with Crippen LogP contribution in [0.4, 0.5) is 0 Å². The Hall–Kier alpha value is -2.69. The number of carbonyl (C=O) groups is 1. The molecule has 1 aliphatic carbocycles. The van der Waals surface area contributed by atoms with E-state index in [1.165, 1.54) is 12.8 Å². The van der Waals surface area contributed by atoms with Gasteiger partial charge < -0.3 is 9.30 Å². The van der Waals surface area contributed by atoms with Gasteiger partial charge in [-0.05, 0) is 31.2 Å². The lowest BCUT2D eigenvalue weighted by molar-refractivity contribution is 0.0676. The van der Waals surface area contributed by atoms with Gasteiger partial charge in [-0.25, -0.2) is 9.97 Å². The molecule has 1 aliphatic rings. The number of fused-ring (bicyclic) bond motifs is 1. The molecule has 0 unspecified atom stereocenters. The number of hydrogen-bond donors (Lipinski definition) is 0. The van der Waals surface area contributed by atoms with Crippen molar-refractivity contribution in [1.29, 1.82) is 0 Å². The van der Waals surface area contributed by atoms with Crippen molar-refractivity contribution < 1.29 is 4.79 Å². The molecule has 122 valence electrons. The van der Waals surface area contributed by atoms with Gasteiger partial charge in [-0.2, -0.15) is 0 Å². The average molecular weight is 320 g/mol. The Kier molecular flexibility index (Phi) is 3.76. The van der Waals surface area contributed by atoms with Gasteiger partial charge in [0.05, 0.1) is 6.04 Å². The van der Waals surface area contributed by atoms with Crippen LogP contribution in [0.15, 0.2) is 55.1 Å². The number of hydrogen-bond acceptors (Lipinski definition) is 3. The summed E-state index contributed by atoms with van der Waals surface area (Å²) in [5.41, 5.74) is 2.18. The summed E-state index contributed by atoms with van der Waals surface area (Å²) in [7, 11) is 0. The Labute approximate surface area is 141 Å². The topological polar surface area (TPSA) is 50.5 Å². The predicted octanol–water partition coefficient (Wildman–Crippen LogP) is 3.34. The van der Waals surface area contributed by atoms with E-state index in [2.05, 4.69) is 29.0 Å². The molecule has 2 heterocycles. The van der Waals surface area contributed by atoms with Crippen molar-refractivity contribution in [1.82, 2.24) is 19.3 Å². The SMILES string of the molecule is C[C@@H](c1ccccc1)N(CC1CC1)C(=O)c1nccn2ccnc12. The fourth-order valence-electron chi connectivity index (χ4n) is 3.05. The van der Waals surface area contributed by atoms with E-state index in [1.807, 2.05) is 39.9 Å². The molecule has 1 atom stereocenters. The van der Waals surface area contributed by atoms with Crippen molar-refractivity contribution in [2.24, 2.45) is 5.92 Å². The maximum Gasteiger partial charge on any atom is 0.276 e. The lowest BCUT2D eigenvalue weighted by Crippen LogP contribution is -2.36. The largest absolute Gasteiger partial charge is 0.330 e. The van der Waals surface area contributed by atoms with Crippen LogP contribution in [0.3, 0.4) is 0 Å². The van der Waals surface area contributed by atoms with Crippen LogP contribution < -0.4 is 0 Å². The average Bonchev–Trinajstić information content (AvgIpc) is 3.32. The van der Waals surface area contributed by atoms with Gasteiger partial charge >= 0.3 is 0 Å². The number of rotatable bonds is 5. The summed E-state index contributed by atoms with van der Waals surface area (Å²) >= 11 is 0. The molecule has 0 radical (unpaired) electrons. The fourth-order valence-corrected chi connectivity index (χ4v) is 3.05. The van der Waals surface area contributed by atoms with E-state index in [0.717, 1.165) is 12.1 Å². The van der Waals surface area contributed by atoms with E-state index < -0.39 is 0 Å². The molecule has 5 heteroatoms. The van der Waals surface area contributed by atoms with Crippen molar-refractivity contribution >= 4 is 11.6 Å². The lowest BCUT2D eigenvalue weighted by Gasteiger charge is -2.29. The highest BCUT2D eigenvalue weighted by molar-refractivity contribution is 5.98. The molecule has 1 saturated carbocycles. The van der Waals surface area contributed by atoms with E-state index in [9.17, 15) is 4.79 Å². The van der Waals surface area contributed by atoms with E-state index in [0.29, 0.717) is 17.3 Å². The minimum absolute atomic E-state index is 0.0105. The van der Waals surface area contributed by atoms with Crippen LogP contribution in [0.1, 0.15) is 41.9 Å². The minimum Gasteiger partial charge on any atom is -0.330 e. The maximum atomic E-state index is 13.2. The van der Waals surface area contributed by atoms with E-state index in [1.54, 1.807) is 12.4 Å². The molecule has 1 amide bonds. The van der Waals surface area contributed by atoms with Crippen LogP contribution in [0.25, 0.3) is 5.65 Å². The summed E-state index contributed by atoms with van der Waals surface area (Å²) in [6.45, 7) is 2.86. The molecule has 3 aromatic rings. The van der Waals surface area contributed by atoms with E-state index in [4.69, 9.17) is 0 Å². The first-order chi connectivity index (χ1) is 11.7. The van der Waals surface area contributed by atoms with Gasteiger partial charge in [0.1, 0.15) is 0 Å². The molecule has 24 heavy (non-hydrogen) atoms. The molecule has 0 N–H and O–H groups in total. The molecule has 4 rings (SSSR count). The molecule has 0 saturated heterocycles. The first-order valence-electron chi connectivity index (χ1n) is 8.37. The third-order valence-electron chi connectivity index (χ3n) is 4.68. The van der Waals surface area contributed by atoms with Gasteiger partial charge in [0.2, 0.25) is 0 Å². The molecule has 2 aromatic heterocycles. The Bertz CT molecular complexity index is 854. The Morgan fingerprint density at radius 3 is 2.62 bits per heavy atom. The molecule has 0 aliphatic heterocycles. The van der Waals surface area contributed by atoms with Crippen LogP contribution in [-0.4, -0.2) is 31.7 Å². The zero-order valence-electron chi connectivity index (χ0n) is 13.7. The lowest BCUT2D eigenvalue weighted by atomic mass is 10.1. The van der Waals surface area contributed by atoms with Crippen molar-refractivity contribution in [3.05, 3.63) is 66.4 Å². The standard InChI is InChI=1S/C19H20N4O/c1-14(16-5-3-2-4-6-16)23(13-15-7-8-15)19(24)17-18-21-10-12-22(18)11-9-20-17/h2-6,9-12,14-15H,7-8,13H2,1H3/t14-/m0/s1. The molecule has 1 fully saturated rings. The van der Waals surface area contributed by atoms with Gasteiger partial charge in [0, 0.05) is 31.3 Å². The van der Waals surface area contributed by atoms with Crippen molar-refractivity contribution in [3.8, 4) is 0 Å². The Morgan fingerprint density at radius 1 is 1.21 bits per heavy atom. The van der Waals surface area contributed by atoms with Gasteiger partial charge in [-0.3, -0.25) is 4.79 Å². The molecule has 1 aromatic carbocycles. The summed E-state index contributed by atoms with van der Waals surface area (Å²) < 4.78 is 1.84. The Balaban J connectivity index is 1.70. The van der Waals surface area contributed by atoms with E-state index >= 15 is 0 Å².